The maximum absolute atomic E-state index is 13.6. The maximum atomic E-state index is 13.6. The summed E-state index contributed by atoms with van der Waals surface area (Å²) in [7, 11) is 0. The lowest BCUT2D eigenvalue weighted by atomic mass is 9.82. The van der Waals surface area contributed by atoms with Crippen molar-refractivity contribution in [3.8, 4) is 5.75 Å². The van der Waals surface area contributed by atoms with Gasteiger partial charge < -0.3 is 15.2 Å². The quantitative estimate of drug-likeness (QED) is 0.907. The lowest BCUT2D eigenvalue weighted by molar-refractivity contribution is -0.123. The SMILES string of the molecule is O=C(Cc1cccc(O)c1)NC1(c2cccc(F)c2)CCOCC1. The summed E-state index contributed by atoms with van der Waals surface area (Å²) in [6.45, 7) is 1.03. The van der Waals surface area contributed by atoms with Crippen LogP contribution in [-0.2, 0) is 21.5 Å². The minimum absolute atomic E-state index is 0.131. The van der Waals surface area contributed by atoms with Gasteiger partial charge in [-0.05, 0) is 48.2 Å². The largest absolute Gasteiger partial charge is 0.508 e. The minimum Gasteiger partial charge on any atom is -0.508 e. The van der Waals surface area contributed by atoms with Crippen LogP contribution in [0.25, 0.3) is 0 Å². The molecule has 0 saturated carbocycles. The Morgan fingerprint density at radius 1 is 1.17 bits per heavy atom. The Morgan fingerprint density at radius 3 is 2.62 bits per heavy atom. The molecule has 0 bridgehead atoms. The van der Waals surface area contributed by atoms with E-state index in [0.717, 1.165) is 11.1 Å². The fourth-order valence-electron chi connectivity index (χ4n) is 3.15. The summed E-state index contributed by atoms with van der Waals surface area (Å²) in [4.78, 5) is 12.5. The van der Waals surface area contributed by atoms with Gasteiger partial charge in [0.05, 0.1) is 12.0 Å². The fourth-order valence-corrected chi connectivity index (χ4v) is 3.15. The van der Waals surface area contributed by atoms with Crippen molar-refractivity contribution >= 4 is 5.91 Å². The van der Waals surface area contributed by atoms with Gasteiger partial charge in [-0.1, -0.05) is 24.3 Å². The number of phenolic OH excluding ortho intramolecular Hbond substituents is 1. The van der Waals surface area contributed by atoms with Crippen LogP contribution in [-0.4, -0.2) is 24.2 Å². The first kappa shape index (κ1) is 16.5. The van der Waals surface area contributed by atoms with Crippen LogP contribution in [0.3, 0.4) is 0 Å². The highest BCUT2D eigenvalue weighted by Crippen LogP contribution is 2.32. The van der Waals surface area contributed by atoms with Gasteiger partial charge in [0.25, 0.3) is 0 Å². The third-order valence-corrected chi connectivity index (χ3v) is 4.38. The number of ether oxygens (including phenoxy) is 1. The van der Waals surface area contributed by atoms with Crippen molar-refractivity contribution < 1.29 is 19.0 Å². The van der Waals surface area contributed by atoms with Crippen LogP contribution in [0.15, 0.2) is 48.5 Å². The number of amides is 1. The molecule has 1 saturated heterocycles. The molecule has 24 heavy (non-hydrogen) atoms. The number of phenols is 1. The summed E-state index contributed by atoms with van der Waals surface area (Å²) in [5.74, 6) is -0.349. The zero-order valence-electron chi connectivity index (χ0n) is 13.3. The topological polar surface area (TPSA) is 58.6 Å². The van der Waals surface area contributed by atoms with Crippen LogP contribution in [0.4, 0.5) is 4.39 Å². The van der Waals surface area contributed by atoms with E-state index in [1.807, 2.05) is 6.07 Å². The lowest BCUT2D eigenvalue weighted by Gasteiger charge is -2.38. The monoisotopic (exact) mass is 329 g/mol. The Balaban J connectivity index is 1.80. The number of carbonyl (C=O) groups excluding carboxylic acids is 1. The number of benzene rings is 2. The van der Waals surface area contributed by atoms with Crippen molar-refractivity contribution in [2.45, 2.75) is 24.8 Å². The van der Waals surface area contributed by atoms with Gasteiger partial charge in [0.1, 0.15) is 11.6 Å². The van der Waals surface area contributed by atoms with E-state index in [1.165, 1.54) is 12.1 Å². The molecule has 1 aliphatic rings. The van der Waals surface area contributed by atoms with Crippen molar-refractivity contribution in [3.63, 3.8) is 0 Å². The molecule has 0 spiro atoms. The first-order valence-corrected chi connectivity index (χ1v) is 8.00. The number of carbonyl (C=O) groups is 1. The zero-order chi connectivity index (χ0) is 17.0. The van der Waals surface area contributed by atoms with Gasteiger partial charge >= 0.3 is 0 Å². The van der Waals surface area contributed by atoms with Crippen molar-refractivity contribution in [2.75, 3.05) is 13.2 Å². The highest BCUT2D eigenvalue weighted by molar-refractivity contribution is 5.79. The number of hydrogen-bond acceptors (Lipinski definition) is 3. The summed E-state index contributed by atoms with van der Waals surface area (Å²) in [5, 5.41) is 12.6. The van der Waals surface area contributed by atoms with Gasteiger partial charge in [0, 0.05) is 13.2 Å². The molecule has 5 heteroatoms. The molecule has 2 N–H and O–H groups in total. The molecule has 0 radical (unpaired) electrons. The fraction of sp³-hybridized carbons (Fsp3) is 0.316. The van der Waals surface area contributed by atoms with Gasteiger partial charge in [-0.25, -0.2) is 4.39 Å². The molecule has 0 aromatic heterocycles. The minimum atomic E-state index is -0.617. The first-order chi connectivity index (χ1) is 11.6. The molecule has 2 aromatic rings. The Labute approximate surface area is 140 Å². The van der Waals surface area contributed by atoms with Crippen LogP contribution >= 0.6 is 0 Å². The number of hydrogen-bond donors (Lipinski definition) is 2. The van der Waals surface area contributed by atoms with Crippen LogP contribution in [0, 0.1) is 5.82 Å². The average molecular weight is 329 g/mol. The Bertz CT molecular complexity index is 726. The van der Waals surface area contributed by atoms with Gasteiger partial charge in [-0.2, -0.15) is 0 Å². The van der Waals surface area contributed by atoms with E-state index < -0.39 is 5.54 Å². The lowest BCUT2D eigenvalue weighted by Crippen LogP contribution is -2.50. The maximum Gasteiger partial charge on any atom is 0.225 e. The zero-order valence-corrected chi connectivity index (χ0v) is 13.3. The summed E-state index contributed by atoms with van der Waals surface area (Å²) >= 11 is 0. The number of nitrogens with one attached hydrogen (secondary N) is 1. The molecule has 0 unspecified atom stereocenters. The van der Waals surface area contributed by atoms with E-state index in [4.69, 9.17) is 4.74 Å². The van der Waals surface area contributed by atoms with Gasteiger partial charge in [-0.15, -0.1) is 0 Å². The van der Waals surface area contributed by atoms with Crippen molar-refractivity contribution in [2.24, 2.45) is 0 Å². The number of aromatic hydroxyl groups is 1. The molecule has 1 heterocycles. The molecule has 2 aromatic carbocycles. The smallest absolute Gasteiger partial charge is 0.225 e. The molecule has 1 fully saturated rings. The third kappa shape index (κ3) is 3.74. The van der Waals surface area contributed by atoms with E-state index in [9.17, 15) is 14.3 Å². The molecule has 1 aliphatic heterocycles. The molecule has 126 valence electrons. The van der Waals surface area contributed by atoms with Gasteiger partial charge in [0.15, 0.2) is 0 Å². The van der Waals surface area contributed by atoms with E-state index in [0.29, 0.717) is 26.1 Å². The Hall–Kier alpha value is -2.40. The van der Waals surface area contributed by atoms with Crippen molar-refractivity contribution in [3.05, 3.63) is 65.5 Å². The highest BCUT2D eigenvalue weighted by Gasteiger charge is 2.36. The molecule has 0 atom stereocenters. The summed E-state index contributed by atoms with van der Waals surface area (Å²) in [6, 6.07) is 13.0. The molecular weight excluding hydrogens is 309 g/mol. The predicted molar refractivity (Wildman–Crippen MR) is 88.1 cm³/mol. The summed E-state index contributed by atoms with van der Waals surface area (Å²) in [6.07, 6.45) is 1.36. The normalized spacial score (nSPS) is 16.5. The second-order valence-corrected chi connectivity index (χ2v) is 6.10. The molecular formula is C19H20FNO3. The number of halogens is 1. The van der Waals surface area contributed by atoms with Crippen molar-refractivity contribution in [1.82, 2.24) is 5.32 Å². The Morgan fingerprint density at radius 2 is 1.92 bits per heavy atom. The molecule has 1 amide bonds. The van der Waals surface area contributed by atoms with Crippen LogP contribution in [0.2, 0.25) is 0 Å². The van der Waals surface area contributed by atoms with Crippen LogP contribution in [0.5, 0.6) is 5.75 Å². The molecule has 4 nitrogen and oxygen atoms in total. The van der Waals surface area contributed by atoms with Gasteiger partial charge in [-0.3, -0.25) is 4.79 Å². The van der Waals surface area contributed by atoms with E-state index in [1.54, 1.807) is 30.3 Å². The third-order valence-electron chi connectivity index (χ3n) is 4.38. The molecule has 0 aliphatic carbocycles. The summed E-state index contributed by atoms with van der Waals surface area (Å²) in [5.41, 5.74) is 0.873. The van der Waals surface area contributed by atoms with E-state index in [2.05, 4.69) is 5.32 Å². The highest BCUT2D eigenvalue weighted by atomic mass is 19.1. The van der Waals surface area contributed by atoms with Gasteiger partial charge in [0.2, 0.25) is 5.91 Å². The Kier molecular flexibility index (Phi) is 4.81. The number of rotatable bonds is 4. The van der Waals surface area contributed by atoms with E-state index in [-0.39, 0.29) is 23.9 Å². The predicted octanol–water partition coefficient (Wildman–Crippen LogP) is 2.90. The van der Waals surface area contributed by atoms with Crippen LogP contribution < -0.4 is 5.32 Å². The van der Waals surface area contributed by atoms with Crippen LogP contribution in [0.1, 0.15) is 24.0 Å². The van der Waals surface area contributed by atoms with E-state index >= 15 is 0 Å². The second kappa shape index (κ2) is 7.01. The summed E-state index contributed by atoms with van der Waals surface area (Å²) < 4.78 is 19.1. The molecule has 3 rings (SSSR count). The average Bonchev–Trinajstić information content (AvgIpc) is 2.55. The first-order valence-electron chi connectivity index (χ1n) is 8.00. The second-order valence-electron chi connectivity index (χ2n) is 6.10. The standard InChI is InChI=1S/C19H20FNO3/c20-16-5-2-4-15(13-16)19(7-9-24-10-8-19)21-18(23)12-14-3-1-6-17(22)11-14/h1-6,11,13,22H,7-10,12H2,(H,21,23). The van der Waals surface area contributed by atoms with Crippen molar-refractivity contribution in [1.29, 1.82) is 0 Å².